The Balaban J connectivity index is 2.28. The quantitative estimate of drug-likeness (QED) is 0.771. The molecule has 2 N–H and O–H groups in total. The third-order valence-electron chi connectivity index (χ3n) is 2.57. The van der Waals surface area contributed by atoms with E-state index >= 15 is 0 Å². The van der Waals surface area contributed by atoms with Crippen LogP contribution in [-0.4, -0.2) is 18.6 Å². The van der Waals surface area contributed by atoms with Gasteiger partial charge in [-0.1, -0.05) is 29.3 Å². The van der Waals surface area contributed by atoms with Crippen LogP contribution in [0.25, 0.3) is 0 Å². The molecule has 0 amide bonds. The number of H-pyrrole nitrogens is 1. The molecule has 0 aliphatic carbocycles. The number of aromatic nitrogens is 2. The molecule has 0 atom stereocenters. The Morgan fingerprint density at radius 3 is 2.75 bits per heavy atom. The zero-order chi connectivity index (χ0) is 14.8. The van der Waals surface area contributed by atoms with Crippen LogP contribution in [0, 0.1) is 0 Å². The largest absolute Gasteiger partial charge is 0.280 e. The highest BCUT2D eigenvalue weighted by atomic mass is 79.9. The Bertz CT molecular complexity index is 713. The Morgan fingerprint density at radius 1 is 1.30 bits per heavy atom. The van der Waals surface area contributed by atoms with Crippen LogP contribution in [0.5, 0.6) is 0 Å². The summed E-state index contributed by atoms with van der Waals surface area (Å²) >= 11 is 6.51. The Labute approximate surface area is 134 Å². The number of hydrogen-bond donors (Lipinski definition) is 2. The first-order chi connectivity index (χ1) is 9.42. The summed E-state index contributed by atoms with van der Waals surface area (Å²) in [6, 6.07) is 6.67. The Kier molecular flexibility index (Phi) is 4.87. The lowest BCUT2D eigenvalue weighted by Gasteiger charge is -2.07. The molecule has 0 unspecified atom stereocenters. The molecule has 0 saturated heterocycles. The van der Waals surface area contributed by atoms with Gasteiger partial charge in [-0.2, -0.15) is 5.10 Å². The SMILES string of the molecule is CCCc1cc(NS(=O)(=O)c2cc(Br)ccc2Br)n[nH]1. The molecule has 2 aromatic rings. The number of benzene rings is 1. The van der Waals surface area contributed by atoms with Gasteiger partial charge in [0.2, 0.25) is 0 Å². The first-order valence-corrected chi connectivity index (χ1v) is 9.01. The molecular weight excluding hydrogens is 410 g/mol. The molecule has 1 aromatic heterocycles. The topological polar surface area (TPSA) is 74.8 Å². The first kappa shape index (κ1) is 15.5. The van der Waals surface area contributed by atoms with Crippen molar-refractivity contribution >= 4 is 47.7 Å². The van der Waals surface area contributed by atoms with Gasteiger partial charge in [0.1, 0.15) is 4.90 Å². The fourth-order valence-corrected chi connectivity index (χ4v) is 4.18. The van der Waals surface area contributed by atoms with E-state index in [9.17, 15) is 8.42 Å². The van der Waals surface area contributed by atoms with Crippen LogP contribution in [0.1, 0.15) is 19.0 Å². The van der Waals surface area contributed by atoms with Gasteiger partial charge < -0.3 is 0 Å². The average molecular weight is 423 g/mol. The number of hydrogen-bond acceptors (Lipinski definition) is 3. The number of rotatable bonds is 5. The molecule has 5 nitrogen and oxygen atoms in total. The van der Waals surface area contributed by atoms with E-state index in [-0.39, 0.29) is 4.90 Å². The monoisotopic (exact) mass is 421 g/mol. The Morgan fingerprint density at radius 2 is 2.05 bits per heavy atom. The van der Waals surface area contributed by atoms with Crippen molar-refractivity contribution in [3.8, 4) is 0 Å². The summed E-state index contributed by atoms with van der Waals surface area (Å²) in [7, 11) is -3.68. The number of aryl methyl sites for hydroxylation is 1. The average Bonchev–Trinajstić information content (AvgIpc) is 2.79. The molecule has 0 fully saturated rings. The third-order valence-corrected chi connectivity index (χ3v) is 5.41. The Hall–Kier alpha value is -0.860. The number of nitrogens with one attached hydrogen (secondary N) is 2. The zero-order valence-electron chi connectivity index (χ0n) is 10.7. The van der Waals surface area contributed by atoms with Crippen LogP contribution in [-0.2, 0) is 16.4 Å². The van der Waals surface area contributed by atoms with E-state index in [1.165, 1.54) is 6.07 Å². The van der Waals surface area contributed by atoms with Crippen LogP contribution in [0.2, 0.25) is 0 Å². The highest BCUT2D eigenvalue weighted by Gasteiger charge is 2.19. The van der Waals surface area contributed by atoms with E-state index in [1.807, 2.05) is 6.92 Å². The molecule has 0 bridgehead atoms. The van der Waals surface area contributed by atoms with Gasteiger partial charge in [-0.3, -0.25) is 9.82 Å². The second kappa shape index (κ2) is 6.28. The standard InChI is InChI=1S/C12H13Br2N3O2S/c1-2-3-9-7-12(16-15-9)17-20(18,19)11-6-8(13)4-5-10(11)14/h4-7H,2-3H2,1H3,(H2,15,16,17). The molecule has 0 spiro atoms. The molecule has 0 saturated carbocycles. The van der Waals surface area contributed by atoms with E-state index < -0.39 is 10.0 Å². The third kappa shape index (κ3) is 3.62. The van der Waals surface area contributed by atoms with Gasteiger partial charge in [0, 0.05) is 20.7 Å². The predicted molar refractivity (Wildman–Crippen MR) is 85.2 cm³/mol. The minimum atomic E-state index is -3.68. The van der Waals surface area contributed by atoms with Crippen molar-refractivity contribution in [1.29, 1.82) is 0 Å². The van der Waals surface area contributed by atoms with Crippen molar-refractivity contribution in [3.05, 3.63) is 38.9 Å². The molecule has 0 aliphatic heterocycles. The fraction of sp³-hybridized carbons (Fsp3) is 0.250. The minimum absolute atomic E-state index is 0.159. The van der Waals surface area contributed by atoms with Gasteiger partial charge in [-0.05, 0) is 40.5 Å². The number of halogens is 2. The van der Waals surface area contributed by atoms with E-state index in [0.717, 1.165) is 18.5 Å². The van der Waals surface area contributed by atoms with Gasteiger partial charge in [-0.25, -0.2) is 8.42 Å². The van der Waals surface area contributed by atoms with Crippen molar-refractivity contribution in [1.82, 2.24) is 10.2 Å². The van der Waals surface area contributed by atoms with Crippen LogP contribution in [0.4, 0.5) is 5.82 Å². The summed E-state index contributed by atoms with van der Waals surface area (Å²) in [6.07, 6.45) is 1.79. The predicted octanol–water partition coefficient (Wildman–Crippen LogP) is 3.69. The van der Waals surface area contributed by atoms with Crippen molar-refractivity contribution in [2.24, 2.45) is 0 Å². The maximum Gasteiger partial charge on any atom is 0.264 e. The highest BCUT2D eigenvalue weighted by Crippen LogP contribution is 2.27. The summed E-state index contributed by atoms with van der Waals surface area (Å²) in [6.45, 7) is 2.04. The van der Waals surface area contributed by atoms with Gasteiger partial charge >= 0.3 is 0 Å². The van der Waals surface area contributed by atoms with Crippen molar-refractivity contribution in [2.75, 3.05) is 4.72 Å². The molecule has 1 aromatic carbocycles. The number of nitrogens with zero attached hydrogens (tertiary/aromatic N) is 1. The van der Waals surface area contributed by atoms with E-state index in [0.29, 0.717) is 14.8 Å². The smallest absolute Gasteiger partial charge is 0.264 e. The van der Waals surface area contributed by atoms with Crippen LogP contribution >= 0.6 is 31.9 Å². The minimum Gasteiger partial charge on any atom is -0.280 e. The second-order valence-electron chi connectivity index (χ2n) is 4.21. The summed E-state index contributed by atoms with van der Waals surface area (Å²) < 4.78 is 28.3. The molecule has 1 heterocycles. The lowest BCUT2D eigenvalue weighted by atomic mass is 10.2. The molecule has 108 valence electrons. The highest BCUT2D eigenvalue weighted by molar-refractivity contribution is 9.11. The second-order valence-corrected chi connectivity index (χ2v) is 7.63. The van der Waals surface area contributed by atoms with Crippen LogP contribution in [0.15, 0.2) is 38.1 Å². The molecule has 0 aliphatic rings. The maximum atomic E-state index is 12.3. The summed E-state index contributed by atoms with van der Waals surface area (Å²) in [5.74, 6) is 0.292. The maximum absolute atomic E-state index is 12.3. The van der Waals surface area contributed by atoms with Crippen LogP contribution < -0.4 is 4.72 Å². The normalized spacial score (nSPS) is 11.6. The summed E-state index contributed by atoms with van der Waals surface area (Å²) in [5.41, 5.74) is 0.901. The lowest BCUT2D eigenvalue weighted by Crippen LogP contribution is -2.13. The van der Waals surface area contributed by atoms with Gasteiger partial charge in [0.15, 0.2) is 5.82 Å². The summed E-state index contributed by atoms with van der Waals surface area (Å²) in [5, 5.41) is 6.76. The van der Waals surface area contributed by atoms with E-state index in [2.05, 4.69) is 46.8 Å². The van der Waals surface area contributed by atoms with Gasteiger partial charge in [-0.15, -0.1) is 0 Å². The van der Waals surface area contributed by atoms with Gasteiger partial charge in [0.25, 0.3) is 10.0 Å². The van der Waals surface area contributed by atoms with Gasteiger partial charge in [0.05, 0.1) is 0 Å². The van der Waals surface area contributed by atoms with Crippen molar-refractivity contribution in [2.45, 2.75) is 24.7 Å². The molecule has 8 heteroatoms. The number of aromatic amines is 1. The van der Waals surface area contributed by atoms with E-state index in [4.69, 9.17) is 0 Å². The molecular formula is C12H13Br2N3O2S. The molecule has 20 heavy (non-hydrogen) atoms. The number of anilines is 1. The summed E-state index contributed by atoms with van der Waals surface area (Å²) in [4.78, 5) is 0.159. The first-order valence-electron chi connectivity index (χ1n) is 5.94. The van der Waals surface area contributed by atoms with Crippen LogP contribution in [0.3, 0.4) is 0 Å². The molecule has 2 rings (SSSR count). The molecule has 0 radical (unpaired) electrons. The fourth-order valence-electron chi connectivity index (χ4n) is 1.69. The van der Waals surface area contributed by atoms with Crippen molar-refractivity contribution in [3.63, 3.8) is 0 Å². The lowest BCUT2D eigenvalue weighted by molar-refractivity contribution is 0.600. The zero-order valence-corrected chi connectivity index (χ0v) is 14.6. The van der Waals surface area contributed by atoms with E-state index in [1.54, 1.807) is 18.2 Å². The number of sulfonamides is 1. The van der Waals surface area contributed by atoms with Crippen molar-refractivity contribution < 1.29 is 8.42 Å².